The Bertz CT molecular complexity index is 1730. The average Bonchev–Trinajstić information content (AvgIpc) is 3.67. The van der Waals surface area contributed by atoms with Gasteiger partial charge in [-0.2, -0.15) is 0 Å². The van der Waals surface area contributed by atoms with Gasteiger partial charge < -0.3 is 0 Å². The summed E-state index contributed by atoms with van der Waals surface area (Å²) < 4.78 is 10.8. The first kappa shape index (κ1) is 33.6. The molecule has 0 bridgehead atoms. The molecule has 1 unspecified atom stereocenters. The summed E-state index contributed by atoms with van der Waals surface area (Å²) in [7, 11) is 0. The average molecular weight is 691 g/mol. The third kappa shape index (κ3) is 6.45. The summed E-state index contributed by atoms with van der Waals surface area (Å²) in [5, 5.41) is 0. The van der Waals surface area contributed by atoms with Crippen molar-refractivity contribution in [3.05, 3.63) is 128 Å². The fraction of sp³-hybridized carbons (Fsp3) is 0.308. The van der Waals surface area contributed by atoms with Gasteiger partial charge in [0.25, 0.3) is 0 Å². The van der Waals surface area contributed by atoms with E-state index < -0.39 is 21.3 Å². The van der Waals surface area contributed by atoms with Gasteiger partial charge in [0.15, 0.2) is 0 Å². The van der Waals surface area contributed by atoms with Gasteiger partial charge in [0.2, 0.25) is 0 Å². The van der Waals surface area contributed by atoms with E-state index in [1.165, 1.54) is 39.0 Å². The van der Waals surface area contributed by atoms with Gasteiger partial charge in [0, 0.05) is 0 Å². The van der Waals surface area contributed by atoms with Gasteiger partial charge in [0.05, 0.1) is 0 Å². The third-order valence-electron chi connectivity index (χ3n) is 8.93. The molecule has 0 radical (unpaired) electrons. The SMILES string of the molecule is C/[C](c1ccccc1)=[Zr](\[C]1=CC(c2ccco2)=CC1C)[c]1cc(C(C)(C)C)cc2c1Cc1ccc(C(C)(C)C)cc1-2.Cl.Cl. The largest absolute Gasteiger partial charge is 0.147 e. The predicted octanol–water partition coefficient (Wildman–Crippen LogP) is 10.4. The molecule has 0 amide bonds. The monoisotopic (exact) mass is 688 g/mol. The molecule has 2 aliphatic rings. The Morgan fingerprint density at radius 3 is 2.09 bits per heavy atom. The fourth-order valence-electron chi connectivity index (χ4n) is 6.41. The van der Waals surface area contributed by atoms with Crippen LogP contribution in [0.15, 0.2) is 98.9 Å². The molecule has 3 aromatic carbocycles. The van der Waals surface area contributed by atoms with Crippen LogP contribution in [0.1, 0.15) is 89.0 Å². The van der Waals surface area contributed by atoms with Gasteiger partial charge in [0.1, 0.15) is 0 Å². The van der Waals surface area contributed by atoms with Crippen LogP contribution in [-0.2, 0) is 38.5 Å². The van der Waals surface area contributed by atoms with Crippen molar-refractivity contribution in [2.24, 2.45) is 5.92 Å². The molecule has 0 saturated heterocycles. The number of halogens is 2. The number of fused-ring (bicyclic) bond motifs is 3. The summed E-state index contributed by atoms with van der Waals surface area (Å²) in [4.78, 5) is 0. The molecular formula is C39H44Cl2OZr. The number of furan rings is 1. The van der Waals surface area contributed by atoms with Crippen molar-refractivity contribution in [2.75, 3.05) is 0 Å². The smallest absolute Gasteiger partial charge is 0.147 e. The second kappa shape index (κ2) is 12.6. The molecule has 2 aliphatic carbocycles. The van der Waals surface area contributed by atoms with Crippen LogP contribution in [0.2, 0.25) is 0 Å². The Kier molecular flexibility index (Phi) is 9.88. The summed E-state index contributed by atoms with van der Waals surface area (Å²) in [6, 6.07) is 27.6. The Balaban J connectivity index is 0.00000212. The topological polar surface area (TPSA) is 13.1 Å². The molecule has 43 heavy (non-hydrogen) atoms. The molecule has 4 heteroatoms. The number of benzene rings is 3. The second-order valence-corrected chi connectivity index (χ2v) is 20.4. The number of hydrogen-bond donors (Lipinski definition) is 0. The van der Waals surface area contributed by atoms with E-state index in [4.69, 9.17) is 4.42 Å². The Morgan fingerprint density at radius 2 is 1.47 bits per heavy atom. The maximum absolute atomic E-state index is 5.87. The number of hydrogen-bond acceptors (Lipinski definition) is 1. The van der Waals surface area contributed by atoms with Gasteiger partial charge >= 0.3 is 255 Å². The van der Waals surface area contributed by atoms with Crippen molar-refractivity contribution >= 4 is 36.9 Å². The summed E-state index contributed by atoms with van der Waals surface area (Å²) in [5.41, 5.74) is 11.6. The molecule has 1 aromatic heterocycles. The van der Waals surface area contributed by atoms with Crippen LogP contribution in [0.3, 0.4) is 0 Å². The molecule has 1 atom stereocenters. The van der Waals surface area contributed by atoms with Crippen molar-refractivity contribution in [3.8, 4) is 11.1 Å². The van der Waals surface area contributed by atoms with Gasteiger partial charge in [-0.3, -0.25) is 0 Å². The zero-order chi connectivity index (χ0) is 29.1. The molecule has 0 spiro atoms. The molecule has 6 rings (SSSR count). The Morgan fingerprint density at radius 1 is 0.791 bits per heavy atom. The maximum atomic E-state index is 5.87. The number of rotatable bonds is 4. The van der Waals surface area contributed by atoms with E-state index in [1.54, 1.807) is 21.6 Å². The van der Waals surface area contributed by atoms with Crippen molar-refractivity contribution in [3.63, 3.8) is 0 Å². The van der Waals surface area contributed by atoms with Crippen molar-refractivity contribution in [2.45, 2.75) is 72.6 Å². The maximum Gasteiger partial charge on any atom is -0.147 e. The molecule has 4 aromatic rings. The Labute approximate surface area is 278 Å². The predicted molar refractivity (Wildman–Crippen MR) is 186 cm³/mol. The van der Waals surface area contributed by atoms with E-state index >= 15 is 0 Å². The Hall–Kier alpha value is -2.25. The quantitative estimate of drug-likeness (QED) is 0.183. The second-order valence-electron chi connectivity index (χ2n) is 14.0. The van der Waals surface area contributed by atoms with Gasteiger partial charge in [-0.1, -0.05) is 0 Å². The van der Waals surface area contributed by atoms with Gasteiger partial charge in [-0.15, -0.1) is 24.8 Å². The fourth-order valence-corrected chi connectivity index (χ4v) is 14.4. The van der Waals surface area contributed by atoms with Crippen LogP contribution >= 0.6 is 24.8 Å². The van der Waals surface area contributed by atoms with Crippen LogP contribution in [0.5, 0.6) is 0 Å². The first-order chi connectivity index (χ1) is 19.4. The zero-order valence-electron chi connectivity index (χ0n) is 26.7. The molecule has 0 N–H and O–H groups in total. The van der Waals surface area contributed by atoms with Crippen LogP contribution < -0.4 is 3.27 Å². The summed E-state index contributed by atoms with van der Waals surface area (Å²) >= 11 is -2.63. The van der Waals surface area contributed by atoms with Crippen LogP contribution in [-0.4, -0.2) is 3.21 Å². The van der Waals surface area contributed by atoms with Gasteiger partial charge in [-0.25, -0.2) is 0 Å². The molecular weight excluding hydrogens is 647 g/mol. The molecule has 1 nitrogen and oxygen atoms in total. The minimum absolute atomic E-state index is 0. The first-order valence-electron chi connectivity index (χ1n) is 15.0. The molecule has 0 aliphatic heterocycles. The summed E-state index contributed by atoms with van der Waals surface area (Å²) in [6.07, 6.45) is 7.73. The molecule has 0 saturated carbocycles. The van der Waals surface area contributed by atoms with E-state index in [-0.39, 0.29) is 35.6 Å². The third-order valence-corrected chi connectivity index (χ3v) is 16.8. The first-order valence-corrected chi connectivity index (χ1v) is 18.7. The zero-order valence-corrected chi connectivity index (χ0v) is 30.8. The van der Waals surface area contributed by atoms with E-state index in [0.717, 1.165) is 12.2 Å². The minimum Gasteiger partial charge on any atom is -0.147 e. The van der Waals surface area contributed by atoms with Crippen molar-refractivity contribution in [1.82, 2.24) is 0 Å². The van der Waals surface area contributed by atoms with Crippen molar-refractivity contribution < 1.29 is 25.7 Å². The molecule has 0 fully saturated rings. The standard InChI is InChI=1S/C21H25.C10H9O.C8H8.2ClH.Zr/c1-20(2,3)16-9-7-14-11-15-8-10-17(21(4,5)6)13-19(15)18(14)12-16;1-8-4-5-9(7-8)10-3-2-6-11-10;1-2-8-6-4-3-5-7-8;;;/h7,9-10,12-13H,11H2,1-6H3;2-3,5-8H,1H3;3-7H,1H3;2*1H;. The van der Waals surface area contributed by atoms with Crippen LogP contribution in [0, 0.1) is 5.92 Å². The molecule has 1 heterocycles. The summed E-state index contributed by atoms with van der Waals surface area (Å²) in [5.74, 6) is 1.37. The van der Waals surface area contributed by atoms with Crippen molar-refractivity contribution in [1.29, 1.82) is 0 Å². The number of allylic oxidation sites excluding steroid dienone is 4. The van der Waals surface area contributed by atoms with Crippen LogP contribution in [0.4, 0.5) is 0 Å². The normalized spacial score (nSPS) is 16.3. The molecule has 224 valence electrons. The van der Waals surface area contributed by atoms with E-state index in [1.807, 2.05) is 6.07 Å². The van der Waals surface area contributed by atoms with E-state index in [9.17, 15) is 0 Å². The van der Waals surface area contributed by atoms with E-state index in [2.05, 4.69) is 134 Å². The van der Waals surface area contributed by atoms with Gasteiger partial charge in [-0.05, 0) is 0 Å². The summed E-state index contributed by atoms with van der Waals surface area (Å²) in [6.45, 7) is 18.9. The van der Waals surface area contributed by atoms with Crippen LogP contribution in [0.25, 0.3) is 16.7 Å². The van der Waals surface area contributed by atoms with E-state index in [0.29, 0.717) is 5.92 Å². The minimum atomic E-state index is -2.63.